The van der Waals surface area contributed by atoms with Crippen LogP contribution in [0, 0.1) is 11.8 Å². The zero-order chi connectivity index (χ0) is 16.3. The quantitative estimate of drug-likeness (QED) is 0.518. The van der Waals surface area contributed by atoms with E-state index in [1.54, 1.807) is 19.3 Å². The summed E-state index contributed by atoms with van der Waals surface area (Å²) in [4.78, 5) is 38.1. The minimum atomic E-state index is -0.662. The van der Waals surface area contributed by atoms with E-state index in [2.05, 4.69) is 5.32 Å². The molecule has 0 radical (unpaired) electrons. The summed E-state index contributed by atoms with van der Waals surface area (Å²) in [6, 6.07) is -0.173. The van der Waals surface area contributed by atoms with Gasteiger partial charge in [0.05, 0.1) is 0 Å². The zero-order valence-electron chi connectivity index (χ0n) is 13.2. The SMILES string of the molecule is CC(C(=O)NO)C(C)C(=O)N[C@@H]1CCCC2CCCN2C1=O. The summed E-state index contributed by atoms with van der Waals surface area (Å²) in [5.74, 6) is -2.20. The topological polar surface area (TPSA) is 98.7 Å². The van der Waals surface area contributed by atoms with Gasteiger partial charge in [0, 0.05) is 24.4 Å². The highest BCUT2D eigenvalue weighted by Crippen LogP contribution is 2.27. The number of rotatable bonds is 4. The molecule has 0 bridgehead atoms. The maximum absolute atomic E-state index is 12.5. The number of hydroxylamine groups is 1. The van der Waals surface area contributed by atoms with E-state index in [-0.39, 0.29) is 11.8 Å². The van der Waals surface area contributed by atoms with Gasteiger partial charge in [0.2, 0.25) is 17.7 Å². The maximum Gasteiger partial charge on any atom is 0.246 e. The molecule has 4 atom stereocenters. The maximum atomic E-state index is 12.5. The Morgan fingerprint density at radius 1 is 1.14 bits per heavy atom. The van der Waals surface area contributed by atoms with Gasteiger partial charge in [-0.3, -0.25) is 19.6 Å². The number of nitrogens with zero attached hydrogens (tertiary/aromatic N) is 1. The molecule has 2 saturated heterocycles. The molecule has 0 aromatic carbocycles. The van der Waals surface area contributed by atoms with Gasteiger partial charge in [0.1, 0.15) is 6.04 Å². The molecular weight excluding hydrogens is 286 g/mol. The Morgan fingerprint density at radius 2 is 1.77 bits per heavy atom. The highest BCUT2D eigenvalue weighted by molar-refractivity contribution is 5.91. The first-order chi connectivity index (χ1) is 10.5. The van der Waals surface area contributed by atoms with Crippen LogP contribution in [0.1, 0.15) is 46.0 Å². The third-order valence-electron chi connectivity index (χ3n) is 4.99. The van der Waals surface area contributed by atoms with Gasteiger partial charge in [0.15, 0.2) is 0 Å². The van der Waals surface area contributed by atoms with Crippen LogP contribution in [-0.2, 0) is 14.4 Å². The van der Waals surface area contributed by atoms with Crippen LogP contribution in [0.25, 0.3) is 0 Å². The van der Waals surface area contributed by atoms with Gasteiger partial charge in [-0.15, -0.1) is 0 Å². The van der Waals surface area contributed by atoms with Gasteiger partial charge in [-0.2, -0.15) is 0 Å². The minimum absolute atomic E-state index is 0.000173. The van der Waals surface area contributed by atoms with Crippen molar-refractivity contribution < 1.29 is 19.6 Å². The number of nitrogens with one attached hydrogen (secondary N) is 2. The van der Waals surface area contributed by atoms with Gasteiger partial charge in [-0.05, 0) is 32.1 Å². The van der Waals surface area contributed by atoms with Crippen LogP contribution in [0.15, 0.2) is 0 Å². The van der Waals surface area contributed by atoms with Crippen LogP contribution >= 0.6 is 0 Å². The Labute approximate surface area is 130 Å². The summed E-state index contributed by atoms with van der Waals surface area (Å²) in [7, 11) is 0. The van der Waals surface area contributed by atoms with E-state index in [9.17, 15) is 14.4 Å². The molecular formula is C15H25N3O4. The molecule has 3 N–H and O–H groups in total. The Hall–Kier alpha value is -1.63. The molecule has 0 aromatic heterocycles. The number of hydrogen-bond donors (Lipinski definition) is 3. The molecule has 0 saturated carbocycles. The van der Waals surface area contributed by atoms with Crippen LogP contribution in [0.5, 0.6) is 0 Å². The van der Waals surface area contributed by atoms with Gasteiger partial charge in [-0.25, -0.2) is 5.48 Å². The molecule has 7 heteroatoms. The van der Waals surface area contributed by atoms with Crippen molar-refractivity contribution in [1.29, 1.82) is 0 Å². The van der Waals surface area contributed by atoms with Crippen molar-refractivity contribution in [1.82, 2.24) is 15.7 Å². The molecule has 2 fully saturated rings. The fourth-order valence-corrected chi connectivity index (χ4v) is 3.30. The number of carbonyl (C=O) groups excluding carboxylic acids is 3. The molecule has 2 aliphatic heterocycles. The molecule has 7 nitrogen and oxygen atoms in total. The lowest BCUT2D eigenvalue weighted by molar-refractivity contribution is -0.141. The van der Waals surface area contributed by atoms with Gasteiger partial charge in [0.25, 0.3) is 0 Å². The lowest BCUT2D eigenvalue weighted by Crippen LogP contribution is -2.50. The van der Waals surface area contributed by atoms with E-state index in [4.69, 9.17) is 5.21 Å². The summed E-state index contributed by atoms with van der Waals surface area (Å²) in [6.07, 6.45) is 4.64. The second kappa shape index (κ2) is 7.09. The van der Waals surface area contributed by atoms with Gasteiger partial charge < -0.3 is 10.2 Å². The van der Waals surface area contributed by atoms with Crippen molar-refractivity contribution in [2.45, 2.75) is 58.0 Å². The molecule has 2 rings (SSSR count). The molecule has 0 aromatic rings. The van der Waals surface area contributed by atoms with Crippen LogP contribution in [0.3, 0.4) is 0 Å². The normalized spacial score (nSPS) is 27.6. The van der Waals surface area contributed by atoms with Crippen LogP contribution in [0.4, 0.5) is 0 Å². The Kier molecular flexibility index (Phi) is 5.39. The van der Waals surface area contributed by atoms with E-state index < -0.39 is 23.8 Å². The predicted octanol–water partition coefficient (Wildman–Crippen LogP) is 0.424. The van der Waals surface area contributed by atoms with E-state index >= 15 is 0 Å². The summed E-state index contributed by atoms with van der Waals surface area (Å²) in [6.45, 7) is 3.96. The first kappa shape index (κ1) is 16.7. The lowest BCUT2D eigenvalue weighted by Gasteiger charge is -2.26. The van der Waals surface area contributed by atoms with Crippen molar-refractivity contribution in [2.75, 3.05) is 6.54 Å². The van der Waals surface area contributed by atoms with Gasteiger partial charge >= 0.3 is 0 Å². The third kappa shape index (κ3) is 3.40. The van der Waals surface area contributed by atoms with E-state index in [1.165, 1.54) is 0 Å². The third-order valence-corrected chi connectivity index (χ3v) is 4.99. The van der Waals surface area contributed by atoms with E-state index in [0.717, 1.165) is 32.2 Å². The predicted molar refractivity (Wildman–Crippen MR) is 78.8 cm³/mol. The highest BCUT2D eigenvalue weighted by Gasteiger charge is 2.37. The molecule has 3 amide bonds. The van der Waals surface area contributed by atoms with Crippen molar-refractivity contribution >= 4 is 17.7 Å². The largest absolute Gasteiger partial charge is 0.344 e. The fraction of sp³-hybridized carbons (Fsp3) is 0.800. The molecule has 124 valence electrons. The molecule has 3 unspecified atom stereocenters. The number of fused-ring (bicyclic) bond motifs is 1. The number of amides is 3. The molecule has 2 heterocycles. The van der Waals surface area contributed by atoms with Crippen LogP contribution in [-0.4, -0.2) is 46.5 Å². The average molecular weight is 311 g/mol. The lowest BCUT2D eigenvalue weighted by atomic mass is 9.94. The molecule has 22 heavy (non-hydrogen) atoms. The number of carbonyl (C=O) groups is 3. The zero-order valence-corrected chi connectivity index (χ0v) is 13.2. The Morgan fingerprint density at radius 3 is 2.45 bits per heavy atom. The Bertz CT molecular complexity index is 454. The van der Waals surface area contributed by atoms with Crippen molar-refractivity contribution in [3.8, 4) is 0 Å². The van der Waals surface area contributed by atoms with Crippen molar-refractivity contribution in [3.05, 3.63) is 0 Å². The van der Waals surface area contributed by atoms with Crippen LogP contribution in [0.2, 0.25) is 0 Å². The minimum Gasteiger partial charge on any atom is -0.344 e. The first-order valence-electron chi connectivity index (χ1n) is 8.00. The summed E-state index contributed by atoms with van der Waals surface area (Å²) in [5, 5.41) is 11.4. The fourth-order valence-electron chi connectivity index (χ4n) is 3.30. The summed E-state index contributed by atoms with van der Waals surface area (Å²) >= 11 is 0. The smallest absolute Gasteiger partial charge is 0.246 e. The standard InChI is InChI=1S/C15H25N3O4/c1-9(10(2)14(20)17-22)13(19)16-12-7-3-5-11-6-4-8-18(11)15(12)21/h9-12,22H,3-8H2,1-2H3,(H,16,19)(H,17,20)/t9?,10?,11?,12-/m1/s1. The number of hydrogen-bond acceptors (Lipinski definition) is 4. The van der Waals surface area contributed by atoms with E-state index in [0.29, 0.717) is 12.5 Å². The first-order valence-corrected chi connectivity index (χ1v) is 8.00. The molecule has 2 aliphatic rings. The molecule has 0 aliphatic carbocycles. The Balaban J connectivity index is 1.98. The van der Waals surface area contributed by atoms with Crippen LogP contribution < -0.4 is 10.8 Å². The average Bonchev–Trinajstić information content (AvgIpc) is 2.93. The van der Waals surface area contributed by atoms with E-state index in [1.807, 2.05) is 4.90 Å². The summed E-state index contributed by atoms with van der Waals surface area (Å²) < 4.78 is 0. The highest BCUT2D eigenvalue weighted by atomic mass is 16.5. The molecule has 0 spiro atoms. The van der Waals surface area contributed by atoms with Crippen molar-refractivity contribution in [2.24, 2.45) is 11.8 Å². The summed E-state index contributed by atoms with van der Waals surface area (Å²) in [5.41, 5.74) is 1.56. The van der Waals surface area contributed by atoms with Crippen molar-refractivity contribution in [3.63, 3.8) is 0 Å². The second-order valence-corrected chi connectivity index (χ2v) is 6.37. The second-order valence-electron chi connectivity index (χ2n) is 6.37. The monoisotopic (exact) mass is 311 g/mol. The van der Waals surface area contributed by atoms with Gasteiger partial charge in [-0.1, -0.05) is 13.8 Å².